The normalized spacial score (nSPS) is 15.7. The molecule has 3 heterocycles. The van der Waals surface area contributed by atoms with Gasteiger partial charge >= 0.3 is 0 Å². The van der Waals surface area contributed by atoms with Crippen molar-refractivity contribution in [2.45, 2.75) is 12.8 Å². The summed E-state index contributed by atoms with van der Waals surface area (Å²) in [5, 5.41) is 6.34. The first-order chi connectivity index (χ1) is 13.8. The summed E-state index contributed by atoms with van der Waals surface area (Å²) in [5.41, 5.74) is 3.97. The number of nitrogens with zero attached hydrogens (tertiary/aromatic N) is 3. The average molecular weight is 378 g/mol. The van der Waals surface area contributed by atoms with Crippen LogP contribution in [-0.2, 0) is 6.42 Å². The number of benzene rings is 2. The lowest BCUT2D eigenvalue weighted by Gasteiger charge is -2.36. The molecular formula is C22H23FN4O. The molecule has 0 amide bonds. The number of hydrogen-bond acceptors (Lipinski definition) is 4. The third kappa shape index (κ3) is 3.24. The summed E-state index contributed by atoms with van der Waals surface area (Å²) in [4.78, 5) is 8.28. The van der Waals surface area contributed by atoms with Crippen LogP contribution in [0.15, 0.2) is 53.2 Å². The van der Waals surface area contributed by atoms with Crippen LogP contribution >= 0.6 is 0 Å². The Labute approximate surface area is 162 Å². The highest BCUT2D eigenvalue weighted by Crippen LogP contribution is 2.27. The summed E-state index contributed by atoms with van der Waals surface area (Å²) in [5.74, 6) is -0.289. The van der Waals surface area contributed by atoms with Crippen LogP contribution in [-0.4, -0.2) is 47.8 Å². The third-order valence-corrected chi connectivity index (χ3v) is 5.68. The molecule has 1 aliphatic rings. The molecule has 1 N–H and O–H groups in total. The van der Waals surface area contributed by atoms with Crippen molar-refractivity contribution in [2.24, 2.45) is 0 Å². The molecule has 1 saturated heterocycles. The fraction of sp³-hybridized carbons (Fsp3) is 0.318. The van der Waals surface area contributed by atoms with Crippen molar-refractivity contribution in [3.05, 3.63) is 60.2 Å². The Morgan fingerprint density at radius 3 is 2.82 bits per heavy atom. The smallest absolute Gasteiger partial charge is 0.170 e. The maximum Gasteiger partial charge on any atom is 0.170 e. The average Bonchev–Trinajstić information content (AvgIpc) is 3.35. The second-order valence-electron chi connectivity index (χ2n) is 7.42. The van der Waals surface area contributed by atoms with Gasteiger partial charge < -0.3 is 14.4 Å². The van der Waals surface area contributed by atoms with Gasteiger partial charge in [-0.05, 0) is 49.7 Å². The molecule has 144 valence electrons. The molecule has 0 saturated carbocycles. The topological polar surface area (TPSA) is 48.3 Å². The lowest BCUT2D eigenvalue weighted by Crippen LogP contribution is -2.46. The van der Waals surface area contributed by atoms with Crippen molar-refractivity contribution in [1.29, 1.82) is 0 Å². The van der Waals surface area contributed by atoms with Gasteiger partial charge in [-0.25, -0.2) is 4.39 Å². The SMILES string of the molecule is Fc1ccc2c(CCCN3CCN(c4cccc5[nH]ccc45)CC3)noc2c1. The van der Waals surface area contributed by atoms with Gasteiger partial charge in [0.1, 0.15) is 5.82 Å². The molecule has 5 nitrogen and oxygen atoms in total. The van der Waals surface area contributed by atoms with Crippen LogP contribution in [0, 0.1) is 5.82 Å². The Kier molecular flexibility index (Phi) is 4.49. The minimum absolute atomic E-state index is 0.289. The van der Waals surface area contributed by atoms with E-state index in [4.69, 9.17) is 4.52 Å². The van der Waals surface area contributed by atoms with Crippen molar-refractivity contribution < 1.29 is 8.91 Å². The molecule has 4 aromatic rings. The second kappa shape index (κ2) is 7.28. The monoisotopic (exact) mass is 378 g/mol. The zero-order valence-electron chi connectivity index (χ0n) is 15.7. The van der Waals surface area contributed by atoms with Crippen LogP contribution in [0.3, 0.4) is 0 Å². The number of halogens is 1. The van der Waals surface area contributed by atoms with Crippen molar-refractivity contribution in [1.82, 2.24) is 15.0 Å². The van der Waals surface area contributed by atoms with Gasteiger partial charge in [-0.2, -0.15) is 0 Å². The minimum Gasteiger partial charge on any atom is -0.368 e. The third-order valence-electron chi connectivity index (χ3n) is 5.68. The van der Waals surface area contributed by atoms with Gasteiger partial charge in [-0.15, -0.1) is 0 Å². The van der Waals surface area contributed by atoms with E-state index in [2.05, 4.69) is 44.2 Å². The standard InChI is InChI=1S/C22H23FN4O/c23-16-6-7-18-20(25-28-22(18)15-16)4-2-10-26-11-13-27(14-12-26)21-5-1-3-19-17(21)8-9-24-19/h1,3,5-9,15,24H,2,4,10-14H2. The van der Waals surface area contributed by atoms with E-state index in [0.29, 0.717) is 5.58 Å². The maximum absolute atomic E-state index is 13.3. The van der Waals surface area contributed by atoms with Gasteiger partial charge in [-0.3, -0.25) is 4.90 Å². The highest BCUT2D eigenvalue weighted by molar-refractivity contribution is 5.92. The molecule has 0 bridgehead atoms. The van der Waals surface area contributed by atoms with E-state index in [1.54, 1.807) is 6.07 Å². The predicted molar refractivity (Wildman–Crippen MR) is 109 cm³/mol. The fourth-order valence-corrected chi connectivity index (χ4v) is 4.17. The second-order valence-corrected chi connectivity index (χ2v) is 7.42. The summed E-state index contributed by atoms with van der Waals surface area (Å²) in [7, 11) is 0. The molecule has 0 spiro atoms. The number of aromatic amines is 1. The highest BCUT2D eigenvalue weighted by atomic mass is 19.1. The van der Waals surface area contributed by atoms with E-state index < -0.39 is 0 Å². The number of aryl methyl sites for hydroxylation is 1. The van der Waals surface area contributed by atoms with Crippen LogP contribution < -0.4 is 4.90 Å². The molecule has 5 rings (SSSR count). The molecule has 2 aromatic heterocycles. The van der Waals surface area contributed by atoms with Gasteiger partial charge in [-0.1, -0.05) is 11.2 Å². The number of nitrogens with one attached hydrogen (secondary N) is 1. The van der Waals surface area contributed by atoms with E-state index in [-0.39, 0.29) is 5.82 Å². The van der Waals surface area contributed by atoms with Crippen LogP contribution in [0.25, 0.3) is 21.9 Å². The first-order valence-electron chi connectivity index (χ1n) is 9.85. The van der Waals surface area contributed by atoms with Gasteiger partial charge in [0.15, 0.2) is 5.58 Å². The van der Waals surface area contributed by atoms with E-state index in [0.717, 1.165) is 56.6 Å². The molecule has 0 aliphatic carbocycles. The number of rotatable bonds is 5. The van der Waals surface area contributed by atoms with Gasteiger partial charge in [0.05, 0.1) is 5.69 Å². The predicted octanol–water partition coefficient (Wildman–Crippen LogP) is 4.20. The van der Waals surface area contributed by atoms with Crippen LogP contribution in [0.2, 0.25) is 0 Å². The Balaban J connectivity index is 1.16. The largest absolute Gasteiger partial charge is 0.368 e. The molecule has 1 fully saturated rings. The Morgan fingerprint density at radius 1 is 1.04 bits per heavy atom. The Hall–Kier alpha value is -2.86. The van der Waals surface area contributed by atoms with E-state index in [1.807, 2.05) is 6.20 Å². The van der Waals surface area contributed by atoms with Crippen molar-refractivity contribution in [3.63, 3.8) is 0 Å². The summed E-state index contributed by atoms with van der Waals surface area (Å²) in [6.45, 7) is 5.24. The fourth-order valence-electron chi connectivity index (χ4n) is 4.17. The zero-order valence-corrected chi connectivity index (χ0v) is 15.7. The van der Waals surface area contributed by atoms with Crippen molar-refractivity contribution >= 4 is 27.6 Å². The highest BCUT2D eigenvalue weighted by Gasteiger charge is 2.19. The summed E-state index contributed by atoms with van der Waals surface area (Å²) >= 11 is 0. The molecule has 6 heteroatoms. The molecule has 1 aliphatic heterocycles. The number of aromatic nitrogens is 2. The van der Waals surface area contributed by atoms with Crippen molar-refractivity contribution in [2.75, 3.05) is 37.6 Å². The molecular weight excluding hydrogens is 355 g/mol. The number of fused-ring (bicyclic) bond motifs is 2. The first-order valence-corrected chi connectivity index (χ1v) is 9.85. The zero-order chi connectivity index (χ0) is 18.9. The quantitative estimate of drug-likeness (QED) is 0.565. The van der Waals surface area contributed by atoms with Gasteiger partial charge in [0, 0.05) is 60.4 Å². The lowest BCUT2D eigenvalue weighted by atomic mass is 10.1. The molecule has 2 aromatic carbocycles. The van der Waals surface area contributed by atoms with E-state index >= 15 is 0 Å². The van der Waals surface area contributed by atoms with Crippen LogP contribution in [0.1, 0.15) is 12.1 Å². The number of piperazine rings is 1. The molecule has 0 atom stereocenters. The molecule has 28 heavy (non-hydrogen) atoms. The van der Waals surface area contributed by atoms with E-state index in [1.165, 1.54) is 28.7 Å². The minimum atomic E-state index is -0.289. The molecule has 0 radical (unpaired) electrons. The number of hydrogen-bond donors (Lipinski definition) is 1. The van der Waals surface area contributed by atoms with Gasteiger partial charge in [0.25, 0.3) is 0 Å². The Bertz CT molecular complexity index is 1090. The van der Waals surface area contributed by atoms with Crippen LogP contribution in [0.4, 0.5) is 10.1 Å². The molecule has 0 unspecified atom stereocenters. The summed E-state index contributed by atoms with van der Waals surface area (Å²) in [6.07, 6.45) is 3.88. The van der Waals surface area contributed by atoms with E-state index in [9.17, 15) is 4.39 Å². The van der Waals surface area contributed by atoms with Crippen LogP contribution in [0.5, 0.6) is 0 Å². The van der Waals surface area contributed by atoms with Gasteiger partial charge in [0.2, 0.25) is 0 Å². The van der Waals surface area contributed by atoms with Crippen molar-refractivity contribution in [3.8, 4) is 0 Å². The summed E-state index contributed by atoms with van der Waals surface area (Å²) < 4.78 is 18.5. The first kappa shape index (κ1) is 17.3. The Morgan fingerprint density at radius 2 is 1.93 bits per heavy atom. The summed E-state index contributed by atoms with van der Waals surface area (Å²) in [6, 6.07) is 13.2. The number of H-pyrrole nitrogens is 1. The lowest BCUT2D eigenvalue weighted by molar-refractivity contribution is 0.254. The number of anilines is 1. The maximum atomic E-state index is 13.3.